The molecule has 0 aliphatic rings. The van der Waals surface area contributed by atoms with Crippen LogP contribution in [-0.2, 0) is 19.3 Å². The molecule has 0 amide bonds. The summed E-state index contributed by atoms with van der Waals surface area (Å²) in [6.45, 7) is 8.94. The molecule has 6 nitrogen and oxygen atoms in total. The Morgan fingerprint density at radius 3 is 1.94 bits per heavy atom. The van der Waals surface area contributed by atoms with Gasteiger partial charge in [-0.05, 0) is 25.8 Å². The lowest BCUT2D eigenvalue weighted by atomic mass is 10.4. The Kier molecular flexibility index (Phi) is 8.88. The summed E-state index contributed by atoms with van der Waals surface area (Å²) >= 11 is 0. The largest absolute Gasteiger partial charge is 0.545 e. The third kappa shape index (κ3) is 7.41. The third-order valence-corrected chi connectivity index (χ3v) is 4.09. The minimum Gasteiger partial charge on any atom is -0.545 e. The number of hydrogen-bond acceptors (Lipinski definition) is 5. The van der Waals surface area contributed by atoms with Crippen molar-refractivity contribution in [1.82, 2.24) is 0 Å². The molecule has 0 N–H and O–H groups in total. The van der Waals surface area contributed by atoms with Gasteiger partial charge in [-0.1, -0.05) is 13.5 Å². The molecule has 0 radical (unpaired) electrons. The van der Waals surface area contributed by atoms with Crippen LogP contribution in [0.4, 0.5) is 0 Å². The van der Waals surface area contributed by atoms with Gasteiger partial charge in [0.05, 0.1) is 33.2 Å². The van der Waals surface area contributed by atoms with Crippen molar-refractivity contribution in [2.24, 2.45) is 0 Å². The van der Waals surface area contributed by atoms with Crippen LogP contribution in [0, 0.1) is 0 Å². The van der Waals surface area contributed by atoms with Gasteiger partial charge >= 0.3 is 10.3 Å². The molecular weight excluding hydrogens is 258 g/mol. The molecule has 0 atom stereocenters. The van der Waals surface area contributed by atoms with Crippen LogP contribution in [0.3, 0.4) is 0 Å². The van der Waals surface area contributed by atoms with Gasteiger partial charge in [0, 0.05) is 0 Å². The minimum absolute atomic E-state index is 0.0648. The molecule has 0 saturated carbocycles. The van der Waals surface area contributed by atoms with E-state index in [0.29, 0.717) is 13.0 Å². The minimum atomic E-state index is -3.43. The van der Waals surface area contributed by atoms with Crippen LogP contribution in [0.5, 0.6) is 0 Å². The number of carbonyl (C=O) groups excluding carboxylic acids is 1. The van der Waals surface area contributed by atoms with Crippen LogP contribution in [-0.4, -0.2) is 45.5 Å². The van der Waals surface area contributed by atoms with Gasteiger partial charge in [0.15, 0.2) is 0 Å². The lowest BCUT2D eigenvalue weighted by molar-refractivity contribution is -0.765. The number of nitrogens with zero attached hydrogens (tertiary/aromatic N) is 1. The summed E-state index contributed by atoms with van der Waals surface area (Å²) in [4.78, 5) is 9.49. The highest BCUT2D eigenvalue weighted by Crippen LogP contribution is 2.09. The zero-order valence-electron chi connectivity index (χ0n) is 11.7. The summed E-state index contributed by atoms with van der Waals surface area (Å²) in [5, 5.41) is 9.49. The standard InChI is InChI=1S/C7H18NO3S.C4H6O2/c1-5-7-11-12(9,10)8(3,4)6-2;1-3(2)4(5)6/h5-7H2,1-4H3;1H2,2H3,(H,5,6)/q+1;/p-1. The molecule has 0 fully saturated rings. The molecular formula is C11H23NO5S. The first-order chi connectivity index (χ1) is 8.01. The van der Waals surface area contributed by atoms with Gasteiger partial charge in [0.25, 0.3) is 0 Å². The quantitative estimate of drug-likeness (QED) is 0.508. The second kappa shape index (κ2) is 8.23. The Labute approximate surface area is 110 Å². The number of hydrogen-bond donors (Lipinski definition) is 0. The SMILES string of the molecule is C=C(C)C(=O)[O-].CCCOS(=O)(=O)[N+](C)(C)CC. The van der Waals surface area contributed by atoms with Crippen molar-refractivity contribution in [3.05, 3.63) is 12.2 Å². The highest BCUT2D eigenvalue weighted by molar-refractivity contribution is 7.81. The zero-order chi connectivity index (χ0) is 15.0. The molecule has 0 spiro atoms. The van der Waals surface area contributed by atoms with Gasteiger partial charge in [-0.15, -0.1) is 8.42 Å². The number of carboxylic acids is 1. The maximum Gasteiger partial charge on any atom is 0.435 e. The lowest BCUT2D eigenvalue weighted by Gasteiger charge is -2.25. The van der Waals surface area contributed by atoms with Crippen LogP contribution in [0.2, 0.25) is 0 Å². The van der Waals surface area contributed by atoms with Crippen molar-refractivity contribution in [2.45, 2.75) is 27.2 Å². The van der Waals surface area contributed by atoms with E-state index >= 15 is 0 Å². The molecule has 7 heteroatoms. The van der Waals surface area contributed by atoms with E-state index in [1.54, 1.807) is 14.1 Å². The topological polar surface area (TPSA) is 83.5 Å². The van der Waals surface area contributed by atoms with Crippen LogP contribution in [0.1, 0.15) is 27.2 Å². The van der Waals surface area contributed by atoms with Gasteiger partial charge in [0.1, 0.15) is 0 Å². The molecule has 0 aliphatic carbocycles. The van der Waals surface area contributed by atoms with E-state index in [1.165, 1.54) is 6.92 Å². The molecule has 0 heterocycles. The Balaban J connectivity index is 0. The van der Waals surface area contributed by atoms with Crippen LogP contribution in [0.15, 0.2) is 12.2 Å². The Morgan fingerprint density at radius 1 is 1.33 bits per heavy atom. The lowest BCUT2D eigenvalue weighted by Crippen LogP contribution is -2.46. The van der Waals surface area contributed by atoms with Crippen molar-refractivity contribution in [1.29, 1.82) is 0 Å². The second-order valence-corrected chi connectivity index (χ2v) is 6.29. The first-order valence-electron chi connectivity index (χ1n) is 5.61. The van der Waals surface area contributed by atoms with E-state index in [2.05, 4.69) is 6.58 Å². The first-order valence-corrected chi connectivity index (χ1v) is 6.97. The summed E-state index contributed by atoms with van der Waals surface area (Å²) in [5.74, 6) is -1.19. The van der Waals surface area contributed by atoms with Gasteiger partial charge in [-0.3, -0.25) is 0 Å². The Morgan fingerprint density at radius 2 is 1.72 bits per heavy atom. The molecule has 0 bridgehead atoms. The van der Waals surface area contributed by atoms with E-state index in [4.69, 9.17) is 4.18 Å². The van der Waals surface area contributed by atoms with Gasteiger partial charge in [-0.2, -0.15) is 3.89 Å². The van der Waals surface area contributed by atoms with E-state index in [0.717, 1.165) is 0 Å². The molecule has 108 valence electrons. The Hall–Kier alpha value is -0.920. The molecule has 0 aliphatic heterocycles. The fourth-order valence-electron chi connectivity index (χ4n) is 0.489. The third-order valence-electron chi connectivity index (χ3n) is 2.15. The number of aliphatic carboxylic acids is 1. The predicted molar refractivity (Wildman–Crippen MR) is 67.6 cm³/mol. The summed E-state index contributed by atoms with van der Waals surface area (Å²) < 4.78 is 27.4. The van der Waals surface area contributed by atoms with Crippen molar-refractivity contribution in [3.63, 3.8) is 0 Å². The monoisotopic (exact) mass is 281 g/mol. The summed E-state index contributed by atoms with van der Waals surface area (Å²) in [6, 6.07) is 0. The molecule has 0 saturated heterocycles. The van der Waals surface area contributed by atoms with Gasteiger partial charge in [-0.25, -0.2) is 4.18 Å². The average Bonchev–Trinajstić information content (AvgIpc) is 2.26. The Bertz CT molecular complexity index is 361. The number of carbonyl (C=O) groups is 1. The highest BCUT2D eigenvalue weighted by Gasteiger charge is 2.31. The molecule has 0 aromatic rings. The summed E-state index contributed by atoms with van der Waals surface area (Å²) in [7, 11) is -0.202. The van der Waals surface area contributed by atoms with E-state index in [1.807, 2.05) is 13.8 Å². The normalized spacial score (nSPS) is 11.4. The molecule has 0 aromatic carbocycles. The van der Waals surface area contributed by atoms with Crippen LogP contribution >= 0.6 is 0 Å². The summed E-state index contributed by atoms with van der Waals surface area (Å²) in [5.41, 5.74) is 0.0648. The van der Waals surface area contributed by atoms with Crippen molar-refractivity contribution >= 4 is 16.3 Å². The van der Waals surface area contributed by atoms with Crippen LogP contribution < -0.4 is 5.11 Å². The molecule has 0 rings (SSSR count). The molecule has 0 unspecified atom stereocenters. The second-order valence-electron chi connectivity index (χ2n) is 4.21. The highest BCUT2D eigenvalue weighted by atomic mass is 32.2. The fourth-order valence-corrected chi connectivity index (χ4v) is 1.47. The molecule has 18 heavy (non-hydrogen) atoms. The van der Waals surface area contributed by atoms with E-state index < -0.39 is 16.3 Å². The van der Waals surface area contributed by atoms with Gasteiger partial charge < -0.3 is 9.90 Å². The van der Waals surface area contributed by atoms with Crippen molar-refractivity contribution in [3.8, 4) is 0 Å². The van der Waals surface area contributed by atoms with Crippen molar-refractivity contribution in [2.75, 3.05) is 27.2 Å². The maximum atomic E-state index is 11.4. The van der Waals surface area contributed by atoms with E-state index in [-0.39, 0.29) is 16.1 Å². The van der Waals surface area contributed by atoms with Gasteiger partial charge in [0.2, 0.25) is 0 Å². The fraction of sp³-hybridized carbons (Fsp3) is 0.727. The van der Waals surface area contributed by atoms with Crippen LogP contribution in [0.25, 0.3) is 0 Å². The first kappa shape index (κ1) is 19.4. The summed E-state index contributed by atoms with van der Waals surface area (Å²) in [6.07, 6.45) is 0.711. The maximum absolute atomic E-state index is 11.4. The molecule has 0 aromatic heterocycles. The number of quaternary nitrogens is 1. The predicted octanol–water partition coefficient (Wildman–Crippen LogP) is 0.0665. The smallest absolute Gasteiger partial charge is 0.435 e. The average molecular weight is 281 g/mol. The number of carboxylic acid groups (broad SMARTS) is 1. The number of rotatable bonds is 6. The van der Waals surface area contributed by atoms with E-state index in [9.17, 15) is 18.3 Å². The van der Waals surface area contributed by atoms with Crippen molar-refractivity contribution < 1.29 is 26.4 Å². The zero-order valence-corrected chi connectivity index (χ0v) is 12.5.